The molecular weight excluding hydrogens is 413 g/mol. The van der Waals surface area contributed by atoms with Gasteiger partial charge in [-0.15, -0.1) is 0 Å². The zero-order chi connectivity index (χ0) is 22.3. The van der Waals surface area contributed by atoms with Crippen molar-refractivity contribution < 1.29 is 13.2 Å². The predicted octanol–water partition coefficient (Wildman–Crippen LogP) is 5.97. The van der Waals surface area contributed by atoms with Crippen molar-refractivity contribution in [2.75, 3.05) is 13.1 Å². The Morgan fingerprint density at radius 3 is 2.50 bits per heavy atom. The fraction of sp³-hybridized carbons (Fsp3) is 0.360. The first-order chi connectivity index (χ1) is 15.4. The molecule has 0 amide bonds. The van der Waals surface area contributed by atoms with Crippen LogP contribution in [-0.2, 0) is 12.7 Å². The largest absolute Gasteiger partial charge is 0.435 e. The molecule has 0 spiro atoms. The van der Waals surface area contributed by atoms with Crippen LogP contribution in [-0.4, -0.2) is 27.6 Å². The molecule has 0 atom stereocenters. The summed E-state index contributed by atoms with van der Waals surface area (Å²) in [7, 11) is 0. The van der Waals surface area contributed by atoms with Crippen LogP contribution in [0.15, 0.2) is 48.5 Å². The molecule has 4 nitrogen and oxygen atoms in total. The van der Waals surface area contributed by atoms with Crippen molar-refractivity contribution in [3.63, 3.8) is 0 Å². The number of halogens is 3. The second kappa shape index (κ2) is 8.20. The highest BCUT2D eigenvalue weighted by atomic mass is 19.4. The van der Waals surface area contributed by atoms with Crippen LogP contribution in [0, 0.1) is 12.8 Å². The summed E-state index contributed by atoms with van der Waals surface area (Å²) in [5.74, 6) is 1.12. The zero-order valence-electron chi connectivity index (χ0n) is 17.9. The molecule has 0 bridgehead atoms. The molecule has 2 aromatic heterocycles. The van der Waals surface area contributed by atoms with Crippen LogP contribution < -0.4 is 5.32 Å². The van der Waals surface area contributed by atoms with E-state index >= 15 is 0 Å². The number of hydrogen-bond donors (Lipinski definition) is 1. The molecule has 32 heavy (non-hydrogen) atoms. The maximum Gasteiger partial charge on any atom is 0.435 e. The van der Waals surface area contributed by atoms with E-state index in [0.717, 1.165) is 43.5 Å². The number of benzene rings is 2. The maximum atomic E-state index is 14.0. The van der Waals surface area contributed by atoms with Crippen molar-refractivity contribution in [3.8, 4) is 11.4 Å². The molecule has 1 N–H and O–H groups in total. The molecule has 0 saturated carbocycles. The van der Waals surface area contributed by atoms with Crippen molar-refractivity contribution in [1.82, 2.24) is 19.9 Å². The number of aryl methyl sites for hydroxylation is 2. The van der Waals surface area contributed by atoms with Gasteiger partial charge in [0.15, 0.2) is 5.69 Å². The molecule has 1 aliphatic rings. The standard InChI is InChI=1S/C25H25F3N4/c1-16-7-8-19-20(15-16)30-23(25(26,27)28)21-22(19)32(14-11-17-9-12-29-13-10-17)24(31-21)18-5-3-2-4-6-18/h2-8,15,17,29H,9-14H2,1H3. The normalized spacial score (nSPS) is 15.6. The number of nitrogens with one attached hydrogen (secondary N) is 1. The average Bonchev–Trinajstić information content (AvgIpc) is 3.17. The minimum atomic E-state index is -4.58. The minimum Gasteiger partial charge on any atom is -0.323 e. The van der Waals surface area contributed by atoms with Gasteiger partial charge in [0.25, 0.3) is 0 Å². The van der Waals surface area contributed by atoms with Crippen molar-refractivity contribution >= 4 is 21.9 Å². The van der Waals surface area contributed by atoms with Crippen LogP contribution in [0.25, 0.3) is 33.3 Å². The number of piperidine rings is 1. The first kappa shape index (κ1) is 20.9. The molecule has 7 heteroatoms. The van der Waals surface area contributed by atoms with E-state index in [1.54, 1.807) is 6.07 Å². The Kier molecular flexibility index (Phi) is 5.37. The molecule has 1 saturated heterocycles. The van der Waals surface area contributed by atoms with E-state index in [2.05, 4.69) is 15.3 Å². The number of fused-ring (bicyclic) bond motifs is 3. The number of hydrogen-bond acceptors (Lipinski definition) is 3. The van der Waals surface area contributed by atoms with Gasteiger partial charge in [0, 0.05) is 17.5 Å². The highest BCUT2D eigenvalue weighted by Gasteiger charge is 2.37. The van der Waals surface area contributed by atoms with Gasteiger partial charge in [-0.25, -0.2) is 9.97 Å². The summed E-state index contributed by atoms with van der Waals surface area (Å²) in [5, 5.41) is 4.08. The quantitative estimate of drug-likeness (QED) is 0.427. The highest BCUT2D eigenvalue weighted by Crippen LogP contribution is 2.39. The average molecular weight is 438 g/mol. The number of pyridine rings is 1. The van der Waals surface area contributed by atoms with Gasteiger partial charge in [0.05, 0.1) is 11.0 Å². The topological polar surface area (TPSA) is 42.7 Å². The lowest BCUT2D eigenvalue weighted by molar-refractivity contribution is -0.139. The zero-order valence-corrected chi connectivity index (χ0v) is 17.9. The van der Waals surface area contributed by atoms with Crippen LogP contribution in [0.2, 0.25) is 0 Å². The smallest absolute Gasteiger partial charge is 0.323 e. The first-order valence-corrected chi connectivity index (χ1v) is 11.1. The van der Waals surface area contributed by atoms with Crippen LogP contribution in [0.5, 0.6) is 0 Å². The van der Waals surface area contributed by atoms with E-state index in [0.29, 0.717) is 34.7 Å². The molecule has 0 aliphatic carbocycles. The van der Waals surface area contributed by atoms with Crippen molar-refractivity contribution in [1.29, 1.82) is 0 Å². The molecular formula is C25H25F3N4. The maximum absolute atomic E-state index is 14.0. The summed E-state index contributed by atoms with van der Waals surface area (Å²) < 4.78 is 44.1. The molecule has 166 valence electrons. The van der Waals surface area contributed by atoms with Crippen molar-refractivity contribution in [2.45, 2.75) is 38.9 Å². The Hall–Kier alpha value is -2.93. The summed E-state index contributed by atoms with van der Waals surface area (Å²) in [5.41, 5.74) is 1.58. The molecule has 0 radical (unpaired) electrons. The van der Waals surface area contributed by atoms with E-state index in [-0.39, 0.29) is 5.52 Å². The number of rotatable bonds is 4. The Balaban J connectivity index is 1.76. The molecule has 2 aromatic carbocycles. The van der Waals surface area contributed by atoms with E-state index in [4.69, 9.17) is 0 Å². The molecule has 1 aliphatic heterocycles. The second-order valence-corrected chi connectivity index (χ2v) is 8.61. The minimum absolute atomic E-state index is 0.0713. The van der Waals surface area contributed by atoms with Crippen LogP contribution in [0.4, 0.5) is 13.2 Å². The Labute approximate surface area is 184 Å². The summed E-state index contributed by atoms with van der Waals surface area (Å²) in [6.45, 7) is 4.47. The third-order valence-electron chi connectivity index (χ3n) is 6.35. The van der Waals surface area contributed by atoms with Crippen molar-refractivity contribution in [2.24, 2.45) is 5.92 Å². The highest BCUT2D eigenvalue weighted by molar-refractivity contribution is 6.05. The number of alkyl halides is 3. The summed E-state index contributed by atoms with van der Waals surface area (Å²) >= 11 is 0. The van der Waals surface area contributed by atoms with Crippen molar-refractivity contribution in [3.05, 3.63) is 59.8 Å². The van der Waals surface area contributed by atoms with Gasteiger partial charge in [0.1, 0.15) is 11.3 Å². The van der Waals surface area contributed by atoms with E-state index in [1.165, 1.54) is 0 Å². The van der Waals surface area contributed by atoms with Crippen LogP contribution >= 0.6 is 0 Å². The summed E-state index contributed by atoms with van der Waals surface area (Å²) in [6.07, 6.45) is -1.51. The molecule has 4 aromatic rings. The molecule has 5 rings (SSSR count). The van der Waals surface area contributed by atoms with Crippen LogP contribution in [0.3, 0.4) is 0 Å². The van der Waals surface area contributed by atoms with Crippen LogP contribution in [0.1, 0.15) is 30.5 Å². The van der Waals surface area contributed by atoms with Gasteiger partial charge in [-0.1, -0.05) is 42.5 Å². The lowest BCUT2D eigenvalue weighted by Crippen LogP contribution is -2.28. The van der Waals surface area contributed by atoms with Gasteiger partial charge in [0.2, 0.25) is 0 Å². The third kappa shape index (κ3) is 3.86. The van der Waals surface area contributed by atoms with Gasteiger partial charge in [-0.3, -0.25) is 0 Å². The third-order valence-corrected chi connectivity index (χ3v) is 6.35. The lowest BCUT2D eigenvalue weighted by atomic mass is 9.94. The van der Waals surface area contributed by atoms with Gasteiger partial charge in [-0.2, -0.15) is 13.2 Å². The fourth-order valence-electron chi connectivity index (χ4n) is 4.70. The number of aromatic nitrogens is 3. The van der Waals surface area contributed by atoms with E-state index in [1.807, 2.05) is 54.0 Å². The SMILES string of the molecule is Cc1ccc2c(c1)nc(C(F)(F)F)c1nc(-c3ccccc3)n(CCC3CCNCC3)c12. The molecule has 0 unspecified atom stereocenters. The summed E-state index contributed by atoms with van der Waals surface area (Å²) in [6, 6.07) is 15.0. The Bertz CT molecular complexity index is 1260. The number of imidazole rings is 1. The van der Waals surface area contributed by atoms with Gasteiger partial charge < -0.3 is 9.88 Å². The van der Waals surface area contributed by atoms with E-state index < -0.39 is 11.9 Å². The Morgan fingerprint density at radius 2 is 1.78 bits per heavy atom. The monoisotopic (exact) mass is 438 g/mol. The molecule has 1 fully saturated rings. The fourth-order valence-corrected chi connectivity index (χ4v) is 4.70. The van der Waals surface area contributed by atoms with E-state index in [9.17, 15) is 13.2 Å². The first-order valence-electron chi connectivity index (χ1n) is 11.1. The van der Waals surface area contributed by atoms with Gasteiger partial charge in [-0.05, 0) is 56.8 Å². The number of nitrogens with zero attached hydrogens (tertiary/aromatic N) is 3. The molecule has 3 heterocycles. The lowest BCUT2D eigenvalue weighted by Gasteiger charge is -2.23. The Morgan fingerprint density at radius 1 is 1.03 bits per heavy atom. The van der Waals surface area contributed by atoms with Gasteiger partial charge >= 0.3 is 6.18 Å². The summed E-state index contributed by atoms with van der Waals surface area (Å²) in [4.78, 5) is 8.58. The predicted molar refractivity (Wildman–Crippen MR) is 120 cm³/mol. The second-order valence-electron chi connectivity index (χ2n) is 8.61.